The Morgan fingerprint density at radius 3 is 2.48 bits per heavy atom. The van der Waals surface area contributed by atoms with E-state index in [0.29, 0.717) is 0 Å². The van der Waals surface area contributed by atoms with E-state index in [-0.39, 0.29) is 29.2 Å². The molecule has 0 spiro atoms. The van der Waals surface area contributed by atoms with Crippen molar-refractivity contribution in [3.8, 4) is 5.75 Å². The summed E-state index contributed by atoms with van der Waals surface area (Å²) in [6, 6.07) is 3.70. The van der Waals surface area contributed by atoms with Crippen molar-refractivity contribution in [2.45, 2.75) is 11.3 Å². The molecule has 0 radical (unpaired) electrons. The molecule has 0 atom stereocenters. The highest BCUT2D eigenvalue weighted by molar-refractivity contribution is 7.89. The number of carboxylic acids is 1. The van der Waals surface area contributed by atoms with Gasteiger partial charge in [0.15, 0.2) is 0 Å². The molecule has 116 valence electrons. The number of esters is 1. The third-order valence-corrected chi connectivity index (χ3v) is 4.01. The fourth-order valence-electron chi connectivity index (χ4n) is 1.50. The number of methoxy groups -OCH3 is 2. The van der Waals surface area contributed by atoms with Gasteiger partial charge >= 0.3 is 11.9 Å². The van der Waals surface area contributed by atoms with Crippen LogP contribution in [0.1, 0.15) is 16.8 Å². The zero-order chi connectivity index (χ0) is 16.0. The van der Waals surface area contributed by atoms with Gasteiger partial charge in [-0.3, -0.25) is 4.79 Å². The Kier molecular flexibility index (Phi) is 5.68. The number of carbonyl (C=O) groups is 2. The topological polar surface area (TPSA) is 119 Å². The summed E-state index contributed by atoms with van der Waals surface area (Å²) in [6.07, 6.45) is -0.345. The number of hydrogen-bond donors (Lipinski definition) is 2. The minimum absolute atomic E-state index is 0.0410. The van der Waals surface area contributed by atoms with E-state index in [2.05, 4.69) is 9.46 Å². The average Bonchev–Trinajstić information content (AvgIpc) is 2.45. The summed E-state index contributed by atoms with van der Waals surface area (Å²) in [4.78, 5) is 21.6. The molecule has 0 bridgehead atoms. The van der Waals surface area contributed by atoms with Crippen molar-refractivity contribution < 1.29 is 32.6 Å². The standard InChI is InChI=1S/C12H15NO7S/c1-19-9-7-8(12(16)20-2)3-4-10(9)21(17,18)13-6-5-11(14)15/h3-4,7,13H,5-6H2,1-2H3,(H,14,15). The molecule has 9 heteroatoms. The SMILES string of the molecule is COC(=O)c1ccc(S(=O)(=O)NCCC(=O)O)c(OC)c1. The van der Waals surface area contributed by atoms with Crippen LogP contribution in [0, 0.1) is 0 Å². The van der Waals surface area contributed by atoms with Crippen molar-refractivity contribution in [1.82, 2.24) is 4.72 Å². The van der Waals surface area contributed by atoms with Crippen LogP contribution in [-0.4, -0.2) is 46.2 Å². The second-order valence-corrected chi connectivity index (χ2v) is 5.63. The van der Waals surface area contributed by atoms with Crippen LogP contribution >= 0.6 is 0 Å². The van der Waals surface area contributed by atoms with Crippen molar-refractivity contribution in [2.24, 2.45) is 0 Å². The summed E-state index contributed by atoms with van der Waals surface area (Å²) in [5.41, 5.74) is 0.138. The van der Waals surface area contributed by atoms with Crippen molar-refractivity contribution in [3.63, 3.8) is 0 Å². The van der Waals surface area contributed by atoms with Crippen LogP contribution in [0.5, 0.6) is 5.75 Å². The predicted molar refractivity (Wildman–Crippen MR) is 71.8 cm³/mol. The van der Waals surface area contributed by atoms with E-state index in [1.807, 2.05) is 0 Å². The molecule has 0 aliphatic rings. The van der Waals surface area contributed by atoms with Crippen LogP contribution in [0.15, 0.2) is 23.1 Å². The zero-order valence-electron chi connectivity index (χ0n) is 11.5. The lowest BCUT2D eigenvalue weighted by Crippen LogP contribution is -2.26. The first-order valence-corrected chi connectivity index (χ1v) is 7.28. The molecule has 0 saturated carbocycles. The smallest absolute Gasteiger partial charge is 0.337 e. The third kappa shape index (κ3) is 4.43. The lowest BCUT2D eigenvalue weighted by molar-refractivity contribution is -0.136. The summed E-state index contributed by atoms with van der Waals surface area (Å²) in [7, 11) is -1.48. The van der Waals surface area contributed by atoms with Gasteiger partial charge in [0, 0.05) is 6.54 Å². The number of benzene rings is 1. The number of carbonyl (C=O) groups excluding carboxylic acids is 1. The summed E-state index contributed by atoms with van der Waals surface area (Å²) < 4.78 is 35.7. The van der Waals surface area contributed by atoms with Gasteiger partial charge in [-0.05, 0) is 18.2 Å². The van der Waals surface area contributed by atoms with Crippen LogP contribution in [0.2, 0.25) is 0 Å². The molecule has 21 heavy (non-hydrogen) atoms. The van der Waals surface area contributed by atoms with Crippen LogP contribution in [0.25, 0.3) is 0 Å². The minimum atomic E-state index is -3.94. The Morgan fingerprint density at radius 1 is 1.29 bits per heavy atom. The summed E-state index contributed by atoms with van der Waals surface area (Å²) in [5, 5.41) is 8.50. The van der Waals surface area contributed by atoms with Crippen LogP contribution < -0.4 is 9.46 Å². The molecular weight excluding hydrogens is 302 g/mol. The Morgan fingerprint density at radius 2 is 1.95 bits per heavy atom. The van der Waals surface area contributed by atoms with Gasteiger partial charge in [-0.25, -0.2) is 17.9 Å². The summed E-state index contributed by atoms with van der Waals surface area (Å²) in [5.74, 6) is -1.79. The maximum Gasteiger partial charge on any atom is 0.337 e. The molecule has 0 heterocycles. The third-order valence-electron chi connectivity index (χ3n) is 2.51. The molecule has 1 aromatic carbocycles. The summed E-state index contributed by atoms with van der Waals surface area (Å²) >= 11 is 0. The molecular formula is C12H15NO7S. The van der Waals surface area contributed by atoms with Crippen LogP contribution in [-0.2, 0) is 19.6 Å². The number of sulfonamides is 1. The van der Waals surface area contributed by atoms with Crippen molar-refractivity contribution in [3.05, 3.63) is 23.8 Å². The number of ether oxygens (including phenoxy) is 2. The fourth-order valence-corrected chi connectivity index (χ4v) is 2.69. The van der Waals surface area contributed by atoms with E-state index in [9.17, 15) is 18.0 Å². The van der Waals surface area contributed by atoms with Crippen molar-refractivity contribution >= 4 is 22.0 Å². The molecule has 1 rings (SSSR count). The maximum atomic E-state index is 12.0. The number of rotatable bonds is 7. The van der Waals surface area contributed by atoms with Crippen LogP contribution in [0.4, 0.5) is 0 Å². The molecule has 2 N–H and O–H groups in total. The average molecular weight is 317 g/mol. The van der Waals surface area contributed by atoms with E-state index in [1.54, 1.807) is 0 Å². The van der Waals surface area contributed by atoms with Gasteiger partial charge < -0.3 is 14.6 Å². The van der Waals surface area contributed by atoms with Gasteiger partial charge in [0.25, 0.3) is 0 Å². The normalized spacial score (nSPS) is 11.0. The molecule has 0 unspecified atom stereocenters. The molecule has 0 fully saturated rings. The van der Waals surface area contributed by atoms with Gasteiger partial charge in [0.1, 0.15) is 10.6 Å². The highest BCUT2D eigenvalue weighted by Crippen LogP contribution is 2.25. The number of carboxylic acid groups (broad SMARTS) is 1. The molecule has 0 saturated heterocycles. The Balaban J connectivity index is 3.06. The number of hydrogen-bond acceptors (Lipinski definition) is 6. The quantitative estimate of drug-likeness (QED) is 0.691. The second kappa shape index (κ2) is 7.04. The van der Waals surface area contributed by atoms with Crippen molar-refractivity contribution in [1.29, 1.82) is 0 Å². The molecule has 1 aromatic rings. The molecule has 0 aliphatic heterocycles. The van der Waals surface area contributed by atoms with E-state index >= 15 is 0 Å². The molecule has 8 nitrogen and oxygen atoms in total. The lowest BCUT2D eigenvalue weighted by atomic mass is 10.2. The van der Waals surface area contributed by atoms with Gasteiger partial charge in [0.05, 0.1) is 26.2 Å². The fraction of sp³-hybridized carbons (Fsp3) is 0.333. The predicted octanol–water partition coefficient (Wildman–Crippen LogP) is 0.235. The highest BCUT2D eigenvalue weighted by atomic mass is 32.2. The first-order chi connectivity index (χ1) is 9.81. The van der Waals surface area contributed by atoms with Gasteiger partial charge in [-0.2, -0.15) is 0 Å². The lowest BCUT2D eigenvalue weighted by Gasteiger charge is -2.11. The van der Waals surface area contributed by atoms with E-state index < -0.39 is 22.0 Å². The first-order valence-electron chi connectivity index (χ1n) is 5.79. The molecule has 0 aliphatic carbocycles. The Bertz CT molecular complexity index is 639. The molecule has 0 amide bonds. The zero-order valence-corrected chi connectivity index (χ0v) is 12.3. The monoisotopic (exact) mass is 317 g/mol. The highest BCUT2D eigenvalue weighted by Gasteiger charge is 2.21. The van der Waals surface area contributed by atoms with Gasteiger partial charge in [-0.15, -0.1) is 0 Å². The van der Waals surface area contributed by atoms with E-state index in [1.165, 1.54) is 32.4 Å². The van der Waals surface area contributed by atoms with Gasteiger partial charge in [0.2, 0.25) is 10.0 Å². The largest absolute Gasteiger partial charge is 0.495 e. The van der Waals surface area contributed by atoms with E-state index in [0.717, 1.165) is 0 Å². The minimum Gasteiger partial charge on any atom is -0.495 e. The number of nitrogens with one attached hydrogen (secondary N) is 1. The number of aliphatic carboxylic acids is 1. The van der Waals surface area contributed by atoms with Crippen LogP contribution in [0.3, 0.4) is 0 Å². The maximum absolute atomic E-state index is 12.0. The Hall–Kier alpha value is -2.13. The second-order valence-electron chi connectivity index (χ2n) is 3.90. The first kappa shape index (κ1) is 16.9. The van der Waals surface area contributed by atoms with Crippen molar-refractivity contribution in [2.75, 3.05) is 20.8 Å². The molecule has 0 aromatic heterocycles. The Labute approximate surface area is 121 Å². The summed E-state index contributed by atoms with van der Waals surface area (Å²) in [6.45, 7) is -0.250. The van der Waals surface area contributed by atoms with E-state index in [4.69, 9.17) is 9.84 Å². The van der Waals surface area contributed by atoms with Gasteiger partial charge in [-0.1, -0.05) is 0 Å².